The molecule has 0 N–H and O–H groups in total. The van der Waals surface area contributed by atoms with Crippen molar-refractivity contribution in [1.29, 1.82) is 0 Å². The molecule has 1 aromatic carbocycles. The number of hydrogen-bond donors (Lipinski definition) is 0. The smallest absolute Gasteiger partial charge is 0.270 e. The molecule has 4 rings (SSSR count). The Bertz CT molecular complexity index is 886. The van der Waals surface area contributed by atoms with Gasteiger partial charge in [-0.25, -0.2) is 13.3 Å². The highest BCUT2D eigenvalue weighted by molar-refractivity contribution is 7.93. The highest BCUT2D eigenvalue weighted by atomic mass is 32.2. The molecule has 24 heavy (non-hydrogen) atoms. The molecule has 2 fully saturated rings. The van der Waals surface area contributed by atoms with E-state index in [-0.39, 0.29) is 30.0 Å². The van der Waals surface area contributed by atoms with Crippen molar-refractivity contribution in [3.05, 3.63) is 47.3 Å². The molecule has 3 aliphatic rings. The number of benzene rings is 1. The Morgan fingerprint density at radius 3 is 2.54 bits per heavy atom. The fraction of sp³-hybridized carbons (Fsp3) is 0.438. The van der Waals surface area contributed by atoms with Gasteiger partial charge in [0.1, 0.15) is 0 Å². The molecule has 1 saturated carbocycles. The third-order valence-corrected chi connectivity index (χ3v) is 7.63. The van der Waals surface area contributed by atoms with Gasteiger partial charge in [0.15, 0.2) is 5.69 Å². The van der Waals surface area contributed by atoms with E-state index in [1.807, 2.05) is 12.2 Å². The van der Waals surface area contributed by atoms with Gasteiger partial charge in [-0.05, 0) is 30.4 Å². The van der Waals surface area contributed by atoms with E-state index >= 15 is 0 Å². The maximum atomic E-state index is 13.1. The third-order valence-electron chi connectivity index (χ3n) is 5.27. The van der Waals surface area contributed by atoms with E-state index in [0.29, 0.717) is 0 Å². The molecule has 1 aromatic rings. The second-order valence-electron chi connectivity index (χ2n) is 6.46. The van der Waals surface area contributed by atoms with E-state index < -0.39 is 32.7 Å². The number of sulfonamides is 1. The van der Waals surface area contributed by atoms with E-state index in [1.165, 1.54) is 6.07 Å². The van der Waals surface area contributed by atoms with Gasteiger partial charge in [-0.3, -0.25) is 4.31 Å². The van der Waals surface area contributed by atoms with Crippen molar-refractivity contribution >= 4 is 21.4 Å². The van der Waals surface area contributed by atoms with Gasteiger partial charge in [-0.2, -0.15) is 13.2 Å². The molecular formula is C16H13F3N2O2S. The molecule has 2 bridgehead atoms. The summed E-state index contributed by atoms with van der Waals surface area (Å²) in [7, 11) is -3.69. The number of fused-ring (bicyclic) bond motifs is 5. The van der Waals surface area contributed by atoms with Crippen molar-refractivity contribution in [1.82, 2.24) is 0 Å². The second kappa shape index (κ2) is 4.76. The summed E-state index contributed by atoms with van der Waals surface area (Å²) in [4.78, 5) is 2.88. The van der Waals surface area contributed by atoms with Crippen LogP contribution >= 0.6 is 0 Å². The summed E-state index contributed by atoms with van der Waals surface area (Å²) in [5.74, 6) is 0.0730. The number of halogens is 3. The number of nitrogens with zero attached hydrogens (tertiary/aromatic N) is 2. The largest absolute Gasteiger partial charge is 0.407 e. The van der Waals surface area contributed by atoms with Gasteiger partial charge in [0.25, 0.3) is 0 Å². The standard InChI is InChI=1S/C16H13F3N2O2S/c1-20-14-5-4-11(7-13(14)16(17,18)19)21-8-12-9-2-3-10(6-9)15(12)24(21,22)23/h2-5,7,9-10,12,15H,6,8H2/t9-,10+,12+,15-/m0/s1. The van der Waals surface area contributed by atoms with Crippen LogP contribution in [-0.4, -0.2) is 20.2 Å². The Labute approximate surface area is 137 Å². The first kappa shape index (κ1) is 15.5. The van der Waals surface area contributed by atoms with E-state index in [9.17, 15) is 21.6 Å². The highest BCUT2D eigenvalue weighted by Crippen LogP contribution is 2.53. The quantitative estimate of drug-likeness (QED) is 0.571. The minimum Gasteiger partial charge on any atom is -0.270 e. The first-order chi connectivity index (χ1) is 11.2. The summed E-state index contributed by atoms with van der Waals surface area (Å²) in [6.07, 6.45) is 0.0485. The predicted octanol–water partition coefficient (Wildman–Crippen LogP) is 3.60. The Hall–Kier alpha value is -2.01. The van der Waals surface area contributed by atoms with Crippen LogP contribution in [0.1, 0.15) is 12.0 Å². The summed E-state index contributed by atoms with van der Waals surface area (Å²) in [5.41, 5.74) is -1.63. The topological polar surface area (TPSA) is 41.7 Å². The highest BCUT2D eigenvalue weighted by Gasteiger charge is 2.58. The molecule has 4 nitrogen and oxygen atoms in total. The van der Waals surface area contributed by atoms with Crippen molar-refractivity contribution in [2.45, 2.75) is 17.8 Å². The molecule has 0 aromatic heterocycles. The summed E-state index contributed by atoms with van der Waals surface area (Å²) in [5, 5.41) is -0.539. The number of rotatable bonds is 1. The average molecular weight is 354 g/mol. The lowest BCUT2D eigenvalue weighted by Gasteiger charge is -2.22. The van der Waals surface area contributed by atoms with Crippen LogP contribution in [0, 0.1) is 24.3 Å². The zero-order valence-electron chi connectivity index (χ0n) is 12.4. The molecule has 1 heterocycles. The molecule has 1 saturated heterocycles. The minimum absolute atomic E-state index is 0.0106. The van der Waals surface area contributed by atoms with E-state index in [2.05, 4.69) is 4.85 Å². The monoisotopic (exact) mass is 354 g/mol. The molecule has 4 atom stereocenters. The van der Waals surface area contributed by atoms with Gasteiger partial charge in [0.2, 0.25) is 10.0 Å². The Balaban J connectivity index is 1.77. The van der Waals surface area contributed by atoms with Crippen LogP contribution in [0.2, 0.25) is 0 Å². The van der Waals surface area contributed by atoms with Gasteiger partial charge < -0.3 is 0 Å². The van der Waals surface area contributed by atoms with Gasteiger partial charge in [0, 0.05) is 18.2 Å². The Kier molecular flexibility index (Phi) is 3.08. The second-order valence-corrected chi connectivity index (χ2v) is 8.48. The summed E-state index contributed by atoms with van der Waals surface area (Å²) >= 11 is 0. The van der Waals surface area contributed by atoms with Crippen LogP contribution < -0.4 is 4.31 Å². The SMILES string of the molecule is [C-]#[N+]c1ccc(N2C[C@H]3[C@H]([C@@H]4C=C[C@H]3C4)S2(=O)=O)cc1C(F)(F)F. The molecule has 8 heteroatoms. The maximum Gasteiger partial charge on any atom is 0.407 e. The van der Waals surface area contributed by atoms with Crippen LogP contribution in [0.15, 0.2) is 30.4 Å². The third kappa shape index (κ3) is 2.00. The lowest BCUT2D eigenvalue weighted by Crippen LogP contribution is -2.32. The lowest BCUT2D eigenvalue weighted by atomic mass is 9.93. The van der Waals surface area contributed by atoms with Crippen molar-refractivity contribution < 1.29 is 21.6 Å². The van der Waals surface area contributed by atoms with Crippen LogP contribution in [0.5, 0.6) is 0 Å². The molecular weight excluding hydrogens is 341 g/mol. The molecule has 1 aliphatic heterocycles. The summed E-state index contributed by atoms with van der Waals surface area (Å²) < 4.78 is 66.2. The van der Waals surface area contributed by atoms with E-state index in [4.69, 9.17) is 6.57 Å². The number of alkyl halides is 3. The molecule has 2 aliphatic carbocycles. The van der Waals surface area contributed by atoms with Crippen LogP contribution in [-0.2, 0) is 16.2 Å². The van der Waals surface area contributed by atoms with Crippen molar-refractivity contribution in [2.24, 2.45) is 17.8 Å². The first-order valence-electron chi connectivity index (χ1n) is 7.52. The van der Waals surface area contributed by atoms with Crippen molar-refractivity contribution in [3.63, 3.8) is 0 Å². The summed E-state index contributed by atoms with van der Waals surface area (Å²) in [6, 6.07) is 3.11. The minimum atomic E-state index is -4.70. The molecule has 0 radical (unpaired) electrons. The Morgan fingerprint density at radius 1 is 1.21 bits per heavy atom. The normalized spacial score (nSPS) is 32.8. The van der Waals surface area contributed by atoms with Crippen LogP contribution in [0.25, 0.3) is 4.85 Å². The zero-order valence-corrected chi connectivity index (χ0v) is 13.2. The number of anilines is 1. The van der Waals surface area contributed by atoms with E-state index in [1.54, 1.807) is 0 Å². The Morgan fingerprint density at radius 2 is 1.92 bits per heavy atom. The molecule has 126 valence electrons. The predicted molar refractivity (Wildman–Crippen MR) is 82.0 cm³/mol. The first-order valence-corrected chi connectivity index (χ1v) is 9.02. The lowest BCUT2D eigenvalue weighted by molar-refractivity contribution is -0.136. The van der Waals surface area contributed by atoms with Crippen LogP contribution in [0.3, 0.4) is 0 Å². The van der Waals surface area contributed by atoms with Gasteiger partial charge in [0.05, 0.1) is 17.4 Å². The molecule has 0 unspecified atom stereocenters. The fourth-order valence-electron chi connectivity index (χ4n) is 4.26. The zero-order chi connectivity index (χ0) is 17.3. The molecule has 0 spiro atoms. The summed E-state index contributed by atoms with van der Waals surface area (Å²) in [6.45, 7) is 7.07. The number of hydrogen-bond acceptors (Lipinski definition) is 2. The number of allylic oxidation sites excluding steroid dienone is 2. The van der Waals surface area contributed by atoms with E-state index in [0.717, 1.165) is 22.9 Å². The fourth-order valence-corrected chi connectivity index (χ4v) is 6.71. The van der Waals surface area contributed by atoms with Gasteiger partial charge in [-0.1, -0.05) is 18.2 Å². The maximum absolute atomic E-state index is 13.1. The van der Waals surface area contributed by atoms with Crippen molar-refractivity contribution in [3.8, 4) is 0 Å². The van der Waals surface area contributed by atoms with Crippen LogP contribution in [0.4, 0.5) is 24.5 Å². The van der Waals surface area contributed by atoms with Crippen molar-refractivity contribution in [2.75, 3.05) is 10.8 Å². The average Bonchev–Trinajstić information content (AvgIpc) is 3.18. The molecule has 0 amide bonds. The van der Waals surface area contributed by atoms with Gasteiger partial charge >= 0.3 is 6.18 Å². The van der Waals surface area contributed by atoms with Gasteiger partial charge in [-0.15, -0.1) is 0 Å².